The number of amidine groups is 1. The molecular weight excluding hydrogens is 416 g/mol. The van der Waals surface area contributed by atoms with Crippen molar-refractivity contribution in [2.45, 2.75) is 25.1 Å². The number of aliphatic imine (C=N–C) groups is 1. The van der Waals surface area contributed by atoms with Crippen molar-refractivity contribution < 1.29 is 41.4 Å². The van der Waals surface area contributed by atoms with E-state index in [-0.39, 0.29) is 4.90 Å². The zero-order chi connectivity index (χ0) is 22.3. The Kier molecular flexibility index (Phi) is 5.14. The summed E-state index contributed by atoms with van der Waals surface area (Å²) in [6.45, 7) is -1.44. The lowest BCUT2D eigenvalue weighted by Crippen LogP contribution is -2.51. The third kappa shape index (κ3) is 3.42. The maximum atomic E-state index is 14.5. The van der Waals surface area contributed by atoms with Gasteiger partial charge in [0.2, 0.25) is 5.89 Å². The summed E-state index contributed by atoms with van der Waals surface area (Å²) in [5, 5.41) is 9.47. The first-order chi connectivity index (χ1) is 14.0. The molecule has 160 valence electrons. The summed E-state index contributed by atoms with van der Waals surface area (Å²) in [6.07, 6.45) is -1.09. The fourth-order valence-electron chi connectivity index (χ4n) is 2.82. The van der Waals surface area contributed by atoms with Crippen molar-refractivity contribution in [3.63, 3.8) is 0 Å². The molecule has 13 heteroatoms. The van der Waals surface area contributed by atoms with Crippen LogP contribution in [0.4, 0.5) is 28.0 Å². The highest BCUT2D eigenvalue weighted by molar-refractivity contribution is 6.18. The summed E-state index contributed by atoms with van der Waals surface area (Å²) in [7, 11) is 0. The van der Waals surface area contributed by atoms with Crippen LogP contribution in [0.25, 0.3) is 0 Å². The van der Waals surface area contributed by atoms with Gasteiger partial charge >= 0.3 is 12.0 Å². The number of carbonyl (C=O) groups excluding carboxylic acids is 1. The van der Waals surface area contributed by atoms with E-state index in [1.165, 1.54) is 0 Å². The quantitative estimate of drug-likeness (QED) is 0.713. The van der Waals surface area contributed by atoms with Gasteiger partial charge in [-0.25, -0.2) is 28.5 Å². The molecule has 1 aliphatic rings. The third-order valence-corrected chi connectivity index (χ3v) is 4.46. The Bertz CT molecular complexity index is 1040. The Morgan fingerprint density at radius 1 is 1.37 bits per heavy atom. The Hall–Kier alpha value is -3.64. The standard InChI is InChI=1S/C17H14F4N4O5/c1-16(17(20,21)7-30-14(22)24-16)9-4-8(2-3-10(9)19)25(15(27)28)13(26)11-6-29-12(5-18)23-11/h2-4,6H,5,7H2,1H3,(H2,22,24)(H,27,28)/t16-/m1/s1. The second kappa shape index (κ2) is 7.31. The number of carboxylic acid groups (broad SMARTS) is 1. The first-order valence-corrected chi connectivity index (χ1v) is 8.24. The molecule has 2 heterocycles. The summed E-state index contributed by atoms with van der Waals surface area (Å²) in [4.78, 5) is 31.4. The molecule has 0 fully saturated rings. The predicted molar refractivity (Wildman–Crippen MR) is 92.4 cm³/mol. The van der Waals surface area contributed by atoms with Crippen molar-refractivity contribution in [1.82, 2.24) is 4.98 Å². The molecule has 2 amide bonds. The molecule has 0 unspecified atom stereocenters. The number of aromatic nitrogens is 1. The van der Waals surface area contributed by atoms with E-state index >= 15 is 0 Å². The molecule has 0 bridgehead atoms. The summed E-state index contributed by atoms with van der Waals surface area (Å²) < 4.78 is 65.4. The molecule has 0 radical (unpaired) electrons. The van der Waals surface area contributed by atoms with E-state index in [0.717, 1.165) is 25.3 Å². The number of hydrogen-bond acceptors (Lipinski definition) is 7. The molecule has 0 spiro atoms. The van der Waals surface area contributed by atoms with E-state index < -0.39 is 71.4 Å². The van der Waals surface area contributed by atoms with Gasteiger partial charge in [-0.2, -0.15) is 8.78 Å². The van der Waals surface area contributed by atoms with E-state index in [1.807, 2.05) is 0 Å². The highest BCUT2D eigenvalue weighted by Gasteiger charge is 2.56. The lowest BCUT2D eigenvalue weighted by molar-refractivity contribution is -0.117. The number of hydrogen-bond donors (Lipinski definition) is 2. The molecule has 0 saturated carbocycles. The highest BCUT2D eigenvalue weighted by Crippen LogP contribution is 2.45. The molecule has 0 aliphatic carbocycles. The average molecular weight is 430 g/mol. The number of nitrogens with zero attached hydrogens (tertiary/aromatic N) is 3. The van der Waals surface area contributed by atoms with Gasteiger partial charge in [-0.3, -0.25) is 4.79 Å². The topological polar surface area (TPSA) is 131 Å². The number of imide groups is 1. The molecule has 1 aromatic heterocycles. The SMILES string of the molecule is C[C@]1(c2cc(N(C(=O)O)C(=O)c3coc(CF)n3)ccc2F)N=C(N)OCC1(F)F. The molecule has 3 rings (SSSR count). The van der Waals surface area contributed by atoms with Crippen LogP contribution in [0.15, 0.2) is 33.9 Å². The van der Waals surface area contributed by atoms with E-state index in [2.05, 4.69) is 19.1 Å². The van der Waals surface area contributed by atoms with Gasteiger partial charge in [0.15, 0.2) is 24.5 Å². The first kappa shape index (κ1) is 21.1. The Balaban J connectivity index is 2.11. The molecule has 2 aromatic rings. The molecule has 1 atom stereocenters. The number of rotatable bonds is 4. The van der Waals surface area contributed by atoms with Gasteiger partial charge < -0.3 is 20.0 Å². The fraction of sp³-hybridized carbons (Fsp3) is 0.294. The monoisotopic (exact) mass is 430 g/mol. The molecule has 3 N–H and O–H groups in total. The van der Waals surface area contributed by atoms with Gasteiger partial charge in [-0.1, -0.05) is 0 Å². The normalized spacial score (nSPS) is 20.2. The van der Waals surface area contributed by atoms with Crippen LogP contribution in [0.3, 0.4) is 0 Å². The van der Waals surface area contributed by atoms with Gasteiger partial charge in [-0.15, -0.1) is 0 Å². The number of amides is 2. The maximum Gasteiger partial charge on any atom is 0.419 e. The zero-order valence-electron chi connectivity index (χ0n) is 15.2. The van der Waals surface area contributed by atoms with Crippen LogP contribution in [-0.2, 0) is 17.0 Å². The lowest BCUT2D eigenvalue weighted by atomic mass is 9.85. The highest BCUT2D eigenvalue weighted by atomic mass is 19.3. The van der Waals surface area contributed by atoms with Crippen LogP contribution in [-0.4, -0.2) is 40.6 Å². The zero-order valence-corrected chi connectivity index (χ0v) is 15.2. The lowest BCUT2D eigenvalue weighted by Gasteiger charge is -2.37. The molecular formula is C17H14F4N4O5. The molecule has 1 aromatic carbocycles. The van der Waals surface area contributed by atoms with E-state index in [4.69, 9.17) is 5.73 Å². The summed E-state index contributed by atoms with van der Waals surface area (Å²) in [5.74, 6) is -6.59. The molecule has 1 aliphatic heterocycles. The largest absolute Gasteiger partial charge is 0.464 e. The smallest absolute Gasteiger partial charge is 0.419 e. The van der Waals surface area contributed by atoms with Crippen molar-refractivity contribution in [3.8, 4) is 0 Å². The van der Waals surface area contributed by atoms with Crippen LogP contribution in [0.5, 0.6) is 0 Å². The Morgan fingerprint density at radius 3 is 2.67 bits per heavy atom. The van der Waals surface area contributed by atoms with Gasteiger partial charge in [-0.05, 0) is 25.1 Å². The number of carbonyl (C=O) groups is 2. The van der Waals surface area contributed by atoms with E-state index in [0.29, 0.717) is 6.07 Å². The summed E-state index contributed by atoms with van der Waals surface area (Å²) >= 11 is 0. The number of alkyl halides is 3. The van der Waals surface area contributed by atoms with Crippen molar-refractivity contribution in [2.75, 3.05) is 11.5 Å². The average Bonchev–Trinajstić information content (AvgIpc) is 3.15. The van der Waals surface area contributed by atoms with Crippen molar-refractivity contribution in [1.29, 1.82) is 0 Å². The van der Waals surface area contributed by atoms with Crippen LogP contribution in [0, 0.1) is 5.82 Å². The van der Waals surface area contributed by atoms with Crippen molar-refractivity contribution >= 4 is 23.7 Å². The van der Waals surface area contributed by atoms with Gasteiger partial charge in [0.1, 0.15) is 12.1 Å². The molecule has 30 heavy (non-hydrogen) atoms. The number of oxazole rings is 1. The number of nitrogens with two attached hydrogens (primary N) is 1. The van der Waals surface area contributed by atoms with E-state index in [9.17, 15) is 32.3 Å². The number of ether oxygens (including phenoxy) is 1. The van der Waals surface area contributed by atoms with Gasteiger partial charge in [0.25, 0.3) is 11.9 Å². The molecule has 9 nitrogen and oxygen atoms in total. The number of benzene rings is 1. The first-order valence-electron chi connectivity index (χ1n) is 8.24. The van der Waals surface area contributed by atoms with Crippen molar-refractivity contribution in [3.05, 3.63) is 47.4 Å². The van der Waals surface area contributed by atoms with Gasteiger partial charge in [0, 0.05) is 5.56 Å². The second-order valence-electron chi connectivity index (χ2n) is 6.36. The number of halogens is 4. The predicted octanol–water partition coefficient (Wildman–Crippen LogP) is 2.80. The van der Waals surface area contributed by atoms with E-state index in [1.54, 1.807) is 0 Å². The molecule has 0 saturated heterocycles. The van der Waals surface area contributed by atoms with Crippen LogP contribution < -0.4 is 10.6 Å². The summed E-state index contributed by atoms with van der Waals surface area (Å²) in [5.41, 5.74) is 1.07. The number of anilines is 1. The fourth-order valence-corrected chi connectivity index (χ4v) is 2.82. The van der Waals surface area contributed by atoms with Crippen LogP contribution >= 0.6 is 0 Å². The Labute approximate surface area is 165 Å². The maximum absolute atomic E-state index is 14.5. The minimum Gasteiger partial charge on any atom is -0.464 e. The van der Waals surface area contributed by atoms with Crippen LogP contribution in [0.2, 0.25) is 0 Å². The Morgan fingerprint density at radius 2 is 2.07 bits per heavy atom. The minimum atomic E-state index is -3.71. The van der Waals surface area contributed by atoms with Gasteiger partial charge in [0.05, 0.1) is 5.69 Å². The van der Waals surface area contributed by atoms with Crippen molar-refractivity contribution in [2.24, 2.45) is 10.7 Å². The third-order valence-electron chi connectivity index (χ3n) is 4.46. The summed E-state index contributed by atoms with van der Waals surface area (Å²) in [6, 6.07) is 1.70. The van der Waals surface area contributed by atoms with Crippen LogP contribution in [0.1, 0.15) is 28.9 Å². The minimum absolute atomic E-state index is 0.122. The second-order valence-corrected chi connectivity index (χ2v) is 6.36.